The Morgan fingerprint density at radius 2 is 2.04 bits per heavy atom. The molecule has 0 N–H and O–H groups in total. The van der Waals surface area contributed by atoms with Gasteiger partial charge in [-0.15, -0.1) is 0 Å². The van der Waals surface area contributed by atoms with Gasteiger partial charge in [-0.1, -0.05) is 6.07 Å². The molecule has 4 nitrogen and oxygen atoms in total. The number of carbonyl (C=O) groups is 1. The highest BCUT2D eigenvalue weighted by molar-refractivity contribution is 7.08. The van der Waals surface area contributed by atoms with Gasteiger partial charge in [-0.2, -0.15) is 11.3 Å². The lowest BCUT2D eigenvalue weighted by Crippen LogP contribution is -2.30. The molecular formula is C19H23N3OS. The third kappa shape index (κ3) is 3.23. The molecule has 1 unspecified atom stereocenters. The minimum Gasteiger partial charge on any atom is -0.330 e. The zero-order chi connectivity index (χ0) is 16.4. The van der Waals surface area contributed by atoms with Gasteiger partial charge in [-0.05, 0) is 61.8 Å². The summed E-state index contributed by atoms with van der Waals surface area (Å²) in [4.78, 5) is 21.9. The van der Waals surface area contributed by atoms with Gasteiger partial charge < -0.3 is 4.90 Å². The van der Waals surface area contributed by atoms with Gasteiger partial charge in [-0.25, -0.2) is 0 Å². The molecule has 2 aromatic rings. The number of likely N-dealkylation sites (tertiary alicyclic amines) is 2. The van der Waals surface area contributed by atoms with E-state index in [1.165, 1.54) is 31.5 Å². The van der Waals surface area contributed by atoms with Gasteiger partial charge in [0.15, 0.2) is 0 Å². The Morgan fingerprint density at radius 1 is 1.17 bits per heavy atom. The van der Waals surface area contributed by atoms with Crippen LogP contribution in [0.15, 0.2) is 35.2 Å². The average Bonchev–Trinajstić information content (AvgIpc) is 3.36. The molecule has 0 bridgehead atoms. The molecule has 0 aromatic carbocycles. The van der Waals surface area contributed by atoms with E-state index in [2.05, 4.69) is 17.0 Å². The molecule has 1 atom stereocenters. The Kier molecular flexibility index (Phi) is 4.63. The highest BCUT2D eigenvalue weighted by Crippen LogP contribution is 2.32. The van der Waals surface area contributed by atoms with Crippen LogP contribution in [0.25, 0.3) is 0 Å². The lowest BCUT2D eigenvalue weighted by atomic mass is 10.1. The van der Waals surface area contributed by atoms with Gasteiger partial charge in [0, 0.05) is 24.7 Å². The summed E-state index contributed by atoms with van der Waals surface area (Å²) in [6, 6.07) is 6.34. The third-order valence-corrected chi connectivity index (χ3v) is 5.76. The van der Waals surface area contributed by atoms with Crippen LogP contribution in [-0.4, -0.2) is 40.3 Å². The van der Waals surface area contributed by atoms with Crippen LogP contribution in [-0.2, 0) is 6.54 Å². The summed E-state index contributed by atoms with van der Waals surface area (Å²) in [5.41, 5.74) is 3.10. The van der Waals surface area contributed by atoms with E-state index < -0.39 is 0 Å². The van der Waals surface area contributed by atoms with E-state index >= 15 is 0 Å². The smallest absolute Gasteiger partial charge is 0.255 e. The molecule has 2 saturated heterocycles. The zero-order valence-electron chi connectivity index (χ0n) is 13.9. The van der Waals surface area contributed by atoms with E-state index in [1.54, 1.807) is 11.3 Å². The van der Waals surface area contributed by atoms with E-state index in [4.69, 9.17) is 4.98 Å². The van der Waals surface area contributed by atoms with Crippen molar-refractivity contribution in [1.82, 2.24) is 14.8 Å². The Bertz CT molecular complexity index is 677. The van der Waals surface area contributed by atoms with Gasteiger partial charge in [-0.3, -0.25) is 14.7 Å². The highest BCUT2D eigenvalue weighted by atomic mass is 32.1. The summed E-state index contributed by atoms with van der Waals surface area (Å²) < 4.78 is 0. The largest absolute Gasteiger partial charge is 0.330 e. The standard InChI is InChI=1S/C19H23N3OS/c23-19(16-7-11-24-14-16)22-10-3-4-18(22)17-6-5-15(12-20-17)13-21-8-1-2-9-21/h5-7,11-12,14,18H,1-4,8-10,13H2. The predicted octanol–water partition coefficient (Wildman–Crippen LogP) is 3.72. The van der Waals surface area contributed by atoms with E-state index in [0.717, 1.165) is 37.2 Å². The lowest BCUT2D eigenvalue weighted by Gasteiger charge is -2.24. The lowest BCUT2D eigenvalue weighted by molar-refractivity contribution is 0.0733. The maximum atomic E-state index is 12.7. The molecule has 4 heterocycles. The van der Waals surface area contributed by atoms with Crippen LogP contribution in [0.4, 0.5) is 0 Å². The van der Waals surface area contributed by atoms with Crippen molar-refractivity contribution in [2.24, 2.45) is 0 Å². The molecule has 0 spiro atoms. The average molecular weight is 341 g/mol. The second kappa shape index (κ2) is 7.03. The topological polar surface area (TPSA) is 36.4 Å². The van der Waals surface area contributed by atoms with Crippen LogP contribution >= 0.6 is 11.3 Å². The van der Waals surface area contributed by atoms with Crippen LogP contribution in [0.2, 0.25) is 0 Å². The first kappa shape index (κ1) is 15.8. The molecule has 2 aromatic heterocycles. The van der Waals surface area contributed by atoms with Gasteiger partial charge >= 0.3 is 0 Å². The van der Waals surface area contributed by atoms with Crippen molar-refractivity contribution in [2.75, 3.05) is 19.6 Å². The molecule has 0 aliphatic carbocycles. The quantitative estimate of drug-likeness (QED) is 0.850. The van der Waals surface area contributed by atoms with Crippen molar-refractivity contribution in [3.63, 3.8) is 0 Å². The molecule has 2 aliphatic heterocycles. The number of thiophene rings is 1. The number of amides is 1. The number of hydrogen-bond donors (Lipinski definition) is 0. The molecule has 0 radical (unpaired) electrons. The minimum atomic E-state index is 0.123. The van der Waals surface area contributed by atoms with Gasteiger partial charge in [0.2, 0.25) is 0 Å². The van der Waals surface area contributed by atoms with Crippen LogP contribution in [0.3, 0.4) is 0 Å². The molecular weight excluding hydrogens is 318 g/mol. The van der Waals surface area contributed by atoms with Crippen molar-refractivity contribution >= 4 is 17.2 Å². The first-order valence-electron chi connectivity index (χ1n) is 8.81. The maximum absolute atomic E-state index is 12.7. The van der Waals surface area contributed by atoms with Crippen molar-refractivity contribution < 1.29 is 4.79 Å². The zero-order valence-corrected chi connectivity index (χ0v) is 14.7. The third-order valence-electron chi connectivity index (χ3n) is 5.08. The number of carbonyl (C=O) groups excluding carboxylic acids is 1. The Hall–Kier alpha value is -1.72. The normalized spacial score (nSPS) is 21.5. The Balaban J connectivity index is 1.46. The molecule has 2 aliphatic rings. The number of nitrogens with zero attached hydrogens (tertiary/aromatic N) is 3. The summed E-state index contributed by atoms with van der Waals surface area (Å²) in [6.07, 6.45) is 6.69. The van der Waals surface area contributed by atoms with Crippen molar-refractivity contribution in [3.8, 4) is 0 Å². The Labute approximate surface area is 147 Å². The summed E-state index contributed by atoms with van der Waals surface area (Å²) in [5.74, 6) is 0.140. The first-order chi connectivity index (χ1) is 11.8. The number of pyridine rings is 1. The van der Waals surface area contributed by atoms with Crippen LogP contribution in [0.1, 0.15) is 53.3 Å². The molecule has 1 amide bonds. The predicted molar refractivity (Wildman–Crippen MR) is 96.1 cm³/mol. The van der Waals surface area contributed by atoms with Crippen LogP contribution in [0.5, 0.6) is 0 Å². The molecule has 24 heavy (non-hydrogen) atoms. The summed E-state index contributed by atoms with van der Waals surface area (Å²) in [6.45, 7) is 4.23. The summed E-state index contributed by atoms with van der Waals surface area (Å²) in [7, 11) is 0. The van der Waals surface area contributed by atoms with E-state index in [0.29, 0.717) is 0 Å². The minimum absolute atomic E-state index is 0.123. The van der Waals surface area contributed by atoms with Crippen LogP contribution < -0.4 is 0 Å². The summed E-state index contributed by atoms with van der Waals surface area (Å²) >= 11 is 1.57. The van der Waals surface area contributed by atoms with Crippen LogP contribution in [0, 0.1) is 0 Å². The maximum Gasteiger partial charge on any atom is 0.255 e. The van der Waals surface area contributed by atoms with Gasteiger partial charge in [0.1, 0.15) is 0 Å². The number of rotatable bonds is 4. The van der Waals surface area contributed by atoms with E-state index in [1.807, 2.05) is 27.9 Å². The number of hydrogen-bond acceptors (Lipinski definition) is 4. The SMILES string of the molecule is O=C(c1ccsc1)N1CCCC1c1ccc(CN2CCCC2)cn1. The summed E-state index contributed by atoms with van der Waals surface area (Å²) in [5, 5.41) is 3.90. The van der Waals surface area contributed by atoms with E-state index in [-0.39, 0.29) is 11.9 Å². The Morgan fingerprint density at radius 3 is 2.75 bits per heavy atom. The fraction of sp³-hybridized carbons (Fsp3) is 0.474. The fourth-order valence-electron chi connectivity index (χ4n) is 3.79. The molecule has 0 saturated carbocycles. The van der Waals surface area contributed by atoms with Gasteiger partial charge in [0.05, 0.1) is 17.3 Å². The first-order valence-corrected chi connectivity index (χ1v) is 9.76. The highest BCUT2D eigenvalue weighted by Gasteiger charge is 2.31. The molecule has 5 heteroatoms. The van der Waals surface area contributed by atoms with E-state index in [9.17, 15) is 4.79 Å². The second-order valence-corrected chi connectivity index (χ2v) is 7.52. The molecule has 126 valence electrons. The molecule has 2 fully saturated rings. The van der Waals surface area contributed by atoms with Crippen molar-refractivity contribution in [2.45, 2.75) is 38.3 Å². The fourth-order valence-corrected chi connectivity index (χ4v) is 4.42. The molecule has 4 rings (SSSR count). The number of aromatic nitrogens is 1. The van der Waals surface area contributed by atoms with Crippen molar-refractivity contribution in [3.05, 3.63) is 52.0 Å². The monoisotopic (exact) mass is 341 g/mol. The second-order valence-electron chi connectivity index (χ2n) is 6.74. The van der Waals surface area contributed by atoms with Gasteiger partial charge in [0.25, 0.3) is 5.91 Å². The van der Waals surface area contributed by atoms with Crippen molar-refractivity contribution in [1.29, 1.82) is 0 Å².